The minimum atomic E-state index is -0.590. The van der Waals surface area contributed by atoms with Crippen molar-refractivity contribution in [1.29, 1.82) is 0 Å². The van der Waals surface area contributed by atoms with Gasteiger partial charge in [0.15, 0.2) is 0 Å². The van der Waals surface area contributed by atoms with E-state index in [-0.39, 0.29) is 40.0 Å². The van der Waals surface area contributed by atoms with E-state index in [1.54, 1.807) is 17.5 Å². The molecule has 1 saturated heterocycles. The first-order valence-electron chi connectivity index (χ1n) is 11.5. The number of piperidine rings is 1. The Hall–Kier alpha value is -2.94. The summed E-state index contributed by atoms with van der Waals surface area (Å²) in [6, 6.07) is 4.61. The highest BCUT2D eigenvalue weighted by molar-refractivity contribution is 7.10. The third-order valence-corrected chi connectivity index (χ3v) is 8.92. The van der Waals surface area contributed by atoms with Crippen LogP contribution in [0.5, 0.6) is 5.75 Å². The van der Waals surface area contributed by atoms with Gasteiger partial charge in [-0.15, -0.1) is 11.3 Å². The Morgan fingerprint density at radius 1 is 1.15 bits per heavy atom. The number of carbonyl (C=O) groups is 3. The molecule has 0 bridgehead atoms. The third kappa shape index (κ3) is 4.17. The fourth-order valence-corrected chi connectivity index (χ4v) is 6.04. The molecule has 1 aliphatic carbocycles. The second-order valence-electron chi connectivity index (χ2n) is 10.3. The molecule has 2 heterocycles. The van der Waals surface area contributed by atoms with Crippen LogP contribution >= 0.6 is 11.3 Å². The number of ether oxygens (including phenoxy) is 1. The highest BCUT2D eigenvalue weighted by Crippen LogP contribution is 2.68. The van der Waals surface area contributed by atoms with Crippen LogP contribution in [0, 0.1) is 16.7 Å². The first kappa shape index (κ1) is 24.2. The number of hydrogen-bond donors (Lipinski definition) is 2. The molecule has 34 heavy (non-hydrogen) atoms. The summed E-state index contributed by atoms with van der Waals surface area (Å²) >= 11 is 1.46. The minimum Gasteiger partial charge on any atom is -0.495 e. The van der Waals surface area contributed by atoms with Crippen LogP contribution in [0.2, 0.25) is 0 Å². The lowest BCUT2D eigenvalue weighted by molar-refractivity contribution is -0.134. The van der Waals surface area contributed by atoms with Crippen molar-refractivity contribution in [2.75, 3.05) is 25.5 Å². The Morgan fingerprint density at radius 2 is 1.79 bits per heavy atom. The standard InChI is InChI=1S/C25H32N4O4S/c1-24(2)19(25(24,3)4)23(32)29-10-8-14(9-11-29)22-28-17(13-34-22)21(31)27-16-12-15(20(26)30)6-7-18(16)33-5/h6-7,12-14,19H,8-11H2,1-5H3,(H2,26,30)(H,27,31). The summed E-state index contributed by atoms with van der Waals surface area (Å²) in [6.45, 7) is 10.1. The Labute approximate surface area is 203 Å². The van der Waals surface area contributed by atoms with Gasteiger partial charge in [0.25, 0.3) is 5.91 Å². The van der Waals surface area contributed by atoms with E-state index in [2.05, 4.69) is 38.0 Å². The maximum atomic E-state index is 13.0. The topological polar surface area (TPSA) is 115 Å². The summed E-state index contributed by atoms with van der Waals surface area (Å²) in [4.78, 5) is 43.9. The lowest BCUT2D eigenvalue weighted by atomic mass is 9.96. The monoisotopic (exact) mass is 484 g/mol. The van der Waals surface area contributed by atoms with E-state index in [9.17, 15) is 14.4 Å². The molecule has 0 spiro atoms. The Morgan fingerprint density at radius 3 is 2.35 bits per heavy atom. The average molecular weight is 485 g/mol. The van der Waals surface area contributed by atoms with E-state index in [1.165, 1.54) is 24.5 Å². The number of methoxy groups -OCH3 is 1. The van der Waals surface area contributed by atoms with Crippen LogP contribution in [0.15, 0.2) is 23.6 Å². The molecule has 8 nitrogen and oxygen atoms in total. The molecule has 3 N–H and O–H groups in total. The largest absolute Gasteiger partial charge is 0.495 e. The molecule has 1 aromatic heterocycles. The molecular weight excluding hydrogens is 452 g/mol. The zero-order chi connectivity index (χ0) is 24.8. The normalized spacial score (nSPS) is 19.5. The Bertz CT molecular complexity index is 1120. The molecule has 2 fully saturated rings. The molecule has 2 aliphatic rings. The molecule has 0 unspecified atom stereocenters. The van der Waals surface area contributed by atoms with E-state index in [1.807, 2.05) is 4.90 Å². The zero-order valence-corrected chi connectivity index (χ0v) is 21.1. The van der Waals surface area contributed by atoms with Crippen molar-refractivity contribution in [2.45, 2.75) is 46.5 Å². The van der Waals surface area contributed by atoms with Crippen molar-refractivity contribution in [1.82, 2.24) is 9.88 Å². The third-order valence-electron chi connectivity index (χ3n) is 7.91. The van der Waals surface area contributed by atoms with Gasteiger partial charge in [-0.2, -0.15) is 0 Å². The van der Waals surface area contributed by atoms with Crippen LogP contribution in [-0.4, -0.2) is 47.8 Å². The first-order chi connectivity index (χ1) is 16.0. The molecule has 1 aliphatic heterocycles. The lowest BCUT2D eigenvalue weighted by Crippen LogP contribution is -2.39. The van der Waals surface area contributed by atoms with Gasteiger partial charge in [-0.3, -0.25) is 14.4 Å². The number of aromatic nitrogens is 1. The number of nitrogens with two attached hydrogens (primary N) is 1. The van der Waals surface area contributed by atoms with Crippen LogP contribution < -0.4 is 15.8 Å². The van der Waals surface area contributed by atoms with Crippen molar-refractivity contribution in [3.63, 3.8) is 0 Å². The number of nitrogens with one attached hydrogen (secondary N) is 1. The van der Waals surface area contributed by atoms with Gasteiger partial charge in [0.05, 0.1) is 17.8 Å². The second kappa shape index (κ2) is 8.69. The van der Waals surface area contributed by atoms with Gasteiger partial charge in [0, 0.05) is 35.9 Å². The van der Waals surface area contributed by atoms with Crippen molar-refractivity contribution >= 4 is 34.7 Å². The SMILES string of the molecule is COc1ccc(C(N)=O)cc1NC(=O)c1csc(C2CCN(C(=O)C3C(C)(C)C3(C)C)CC2)n1. The smallest absolute Gasteiger partial charge is 0.275 e. The van der Waals surface area contributed by atoms with Gasteiger partial charge in [-0.25, -0.2) is 4.98 Å². The van der Waals surface area contributed by atoms with E-state index in [4.69, 9.17) is 10.5 Å². The number of amides is 3. The second-order valence-corrected chi connectivity index (χ2v) is 11.2. The molecule has 9 heteroatoms. The number of carbonyl (C=O) groups excluding carboxylic acids is 3. The van der Waals surface area contributed by atoms with Gasteiger partial charge >= 0.3 is 0 Å². The lowest BCUT2D eigenvalue weighted by Gasteiger charge is -2.31. The zero-order valence-electron chi connectivity index (χ0n) is 20.3. The number of benzene rings is 1. The molecule has 4 rings (SSSR count). The predicted molar refractivity (Wildman–Crippen MR) is 131 cm³/mol. The van der Waals surface area contributed by atoms with Gasteiger partial charge < -0.3 is 20.7 Å². The summed E-state index contributed by atoms with van der Waals surface area (Å²) in [5, 5.41) is 5.41. The number of rotatable bonds is 6. The molecule has 182 valence electrons. The number of likely N-dealkylation sites (tertiary alicyclic amines) is 1. The van der Waals surface area contributed by atoms with Crippen LogP contribution in [0.4, 0.5) is 5.69 Å². The molecule has 0 atom stereocenters. The summed E-state index contributed by atoms with van der Waals surface area (Å²) < 4.78 is 5.28. The Balaban J connectivity index is 1.38. The number of anilines is 1. The fourth-order valence-electron chi connectivity index (χ4n) is 5.07. The van der Waals surface area contributed by atoms with Gasteiger partial charge in [-0.05, 0) is 41.9 Å². The van der Waals surface area contributed by atoms with Crippen LogP contribution in [0.25, 0.3) is 0 Å². The van der Waals surface area contributed by atoms with Crippen molar-refractivity contribution < 1.29 is 19.1 Å². The molecule has 1 saturated carbocycles. The van der Waals surface area contributed by atoms with Crippen LogP contribution in [-0.2, 0) is 4.79 Å². The summed E-state index contributed by atoms with van der Waals surface area (Å²) in [6.07, 6.45) is 1.67. The summed E-state index contributed by atoms with van der Waals surface area (Å²) in [7, 11) is 1.48. The highest BCUT2D eigenvalue weighted by Gasteiger charge is 2.68. The van der Waals surface area contributed by atoms with Gasteiger partial charge in [0.1, 0.15) is 11.4 Å². The van der Waals surface area contributed by atoms with E-state index < -0.39 is 5.91 Å². The van der Waals surface area contributed by atoms with E-state index >= 15 is 0 Å². The van der Waals surface area contributed by atoms with Gasteiger partial charge in [0.2, 0.25) is 11.8 Å². The fraction of sp³-hybridized carbons (Fsp3) is 0.520. The highest BCUT2D eigenvalue weighted by atomic mass is 32.1. The minimum absolute atomic E-state index is 0.0398. The van der Waals surface area contributed by atoms with Crippen molar-refractivity contribution in [2.24, 2.45) is 22.5 Å². The molecule has 3 amide bonds. The summed E-state index contributed by atoms with van der Waals surface area (Å²) in [5.74, 6) is 0.0222. The number of primary amides is 1. The molecule has 1 aromatic carbocycles. The van der Waals surface area contributed by atoms with Crippen LogP contribution in [0.3, 0.4) is 0 Å². The van der Waals surface area contributed by atoms with E-state index in [0.717, 1.165) is 17.8 Å². The molecular formula is C25H32N4O4S. The molecule has 2 aromatic rings. The van der Waals surface area contributed by atoms with Crippen molar-refractivity contribution in [3.8, 4) is 5.75 Å². The quantitative estimate of drug-likeness (QED) is 0.646. The number of thiazole rings is 1. The predicted octanol–water partition coefficient (Wildman–Crippen LogP) is 3.89. The molecule has 0 radical (unpaired) electrons. The van der Waals surface area contributed by atoms with Crippen LogP contribution in [0.1, 0.15) is 72.3 Å². The maximum Gasteiger partial charge on any atom is 0.275 e. The van der Waals surface area contributed by atoms with Crippen molar-refractivity contribution in [3.05, 3.63) is 39.8 Å². The van der Waals surface area contributed by atoms with E-state index in [0.29, 0.717) is 30.2 Å². The van der Waals surface area contributed by atoms with Gasteiger partial charge in [-0.1, -0.05) is 27.7 Å². The Kier molecular flexibility index (Phi) is 6.18. The first-order valence-corrected chi connectivity index (χ1v) is 12.4. The maximum absolute atomic E-state index is 13.0. The summed E-state index contributed by atoms with van der Waals surface area (Å²) in [5.41, 5.74) is 6.37. The number of hydrogen-bond acceptors (Lipinski definition) is 6. The average Bonchev–Trinajstić information content (AvgIpc) is 3.13. The number of nitrogens with zero attached hydrogens (tertiary/aromatic N) is 2.